The second kappa shape index (κ2) is 7.62. The van der Waals surface area contributed by atoms with Gasteiger partial charge in [0.1, 0.15) is 11.6 Å². The number of carbonyl (C=O) groups excluding carboxylic acids is 1. The standard InChI is InChI=1S/C26H19F3O5.H2/c1-14-2-3-15(10-19(14)18-6-4-16(24(31)32)12-20(18)27)11-23(30)25(8-9-25)17-5-7-21-22(13-17)34-26(28,29)33-21;/h2-7,10,12-13H,8-9,11H2,1H3,(H,31,32);1H. The van der Waals surface area contributed by atoms with Gasteiger partial charge < -0.3 is 14.6 Å². The highest BCUT2D eigenvalue weighted by atomic mass is 19.3. The fourth-order valence-electron chi connectivity index (χ4n) is 4.39. The molecule has 0 radical (unpaired) electrons. The number of carbonyl (C=O) groups is 2. The molecule has 1 aliphatic heterocycles. The van der Waals surface area contributed by atoms with E-state index in [9.17, 15) is 22.8 Å². The van der Waals surface area contributed by atoms with Crippen molar-refractivity contribution in [1.29, 1.82) is 0 Å². The van der Waals surface area contributed by atoms with Gasteiger partial charge in [-0.15, -0.1) is 8.78 Å². The van der Waals surface area contributed by atoms with Gasteiger partial charge in [0.2, 0.25) is 0 Å². The summed E-state index contributed by atoms with van der Waals surface area (Å²) in [4.78, 5) is 24.4. The number of ether oxygens (including phenoxy) is 2. The van der Waals surface area contributed by atoms with E-state index in [4.69, 9.17) is 5.11 Å². The van der Waals surface area contributed by atoms with Gasteiger partial charge in [-0.25, -0.2) is 9.18 Å². The molecule has 0 aromatic heterocycles. The molecule has 1 fully saturated rings. The average molecular weight is 470 g/mol. The number of hydrogen-bond acceptors (Lipinski definition) is 4. The molecule has 8 heteroatoms. The van der Waals surface area contributed by atoms with E-state index in [0.717, 1.165) is 11.6 Å². The van der Waals surface area contributed by atoms with Crippen molar-refractivity contribution in [3.63, 3.8) is 0 Å². The molecule has 3 aromatic carbocycles. The summed E-state index contributed by atoms with van der Waals surface area (Å²) in [5.74, 6) is -2.13. The van der Waals surface area contributed by atoms with E-state index in [1.54, 1.807) is 31.2 Å². The molecule has 34 heavy (non-hydrogen) atoms. The lowest BCUT2D eigenvalue weighted by Crippen LogP contribution is -2.26. The monoisotopic (exact) mass is 470 g/mol. The van der Waals surface area contributed by atoms with Crippen molar-refractivity contribution in [2.75, 3.05) is 0 Å². The van der Waals surface area contributed by atoms with Crippen LogP contribution in [0.3, 0.4) is 0 Å². The zero-order chi connectivity index (χ0) is 24.3. The van der Waals surface area contributed by atoms with Crippen molar-refractivity contribution in [2.24, 2.45) is 0 Å². The molecular formula is C26H21F3O5. The number of fused-ring (bicyclic) bond motifs is 1. The van der Waals surface area contributed by atoms with E-state index in [1.807, 2.05) is 0 Å². The number of alkyl halides is 2. The molecule has 1 aliphatic carbocycles. The van der Waals surface area contributed by atoms with Crippen LogP contribution in [0.4, 0.5) is 13.2 Å². The second-order valence-electron chi connectivity index (χ2n) is 8.66. The molecule has 0 saturated heterocycles. The van der Waals surface area contributed by atoms with Gasteiger partial charge in [0.25, 0.3) is 0 Å². The minimum Gasteiger partial charge on any atom is -0.478 e. The van der Waals surface area contributed by atoms with Crippen LogP contribution in [-0.4, -0.2) is 23.2 Å². The van der Waals surface area contributed by atoms with Gasteiger partial charge in [0, 0.05) is 13.4 Å². The van der Waals surface area contributed by atoms with Gasteiger partial charge in [-0.2, -0.15) is 0 Å². The molecule has 1 saturated carbocycles. The lowest BCUT2D eigenvalue weighted by molar-refractivity contribution is -0.286. The summed E-state index contributed by atoms with van der Waals surface area (Å²) in [7, 11) is 0. The third kappa shape index (κ3) is 3.79. The molecule has 0 atom stereocenters. The van der Waals surface area contributed by atoms with Crippen molar-refractivity contribution in [3.8, 4) is 22.6 Å². The Morgan fingerprint density at radius 2 is 1.71 bits per heavy atom. The third-order valence-corrected chi connectivity index (χ3v) is 6.41. The number of benzene rings is 3. The van der Waals surface area contributed by atoms with Gasteiger partial charge >= 0.3 is 12.3 Å². The number of carboxylic acid groups (broad SMARTS) is 1. The zero-order valence-electron chi connectivity index (χ0n) is 18.0. The molecule has 1 N–H and O–H groups in total. The van der Waals surface area contributed by atoms with E-state index in [2.05, 4.69) is 9.47 Å². The number of aryl methyl sites for hydroxylation is 1. The van der Waals surface area contributed by atoms with Crippen LogP contribution >= 0.6 is 0 Å². The average Bonchev–Trinajstić information content (AvgIpc) is 3.52. The number of carboxylic acids is 1. The van der Waals surface area contributed by atoms with E-state index in [0.29, 0.717) is 29.5 Å². The summed E-state index contributed by atoms with van der Waals surface area (Å²) < 4.78 is 50.3. The Balaban J connectivity index is 0.00000289. The number of halogens is 3. The van der Waals surface area contributed by atoms with Crippen LogP contribution in [0.15, 0.2) is 54.6 Å². The first kappa shape index (κ1) is 22.0. The molecule has 1 heterocycles. The Morgan fingerprint density at radius 1 is 0.971 bits per heavy atom. The van der Waals surface area contributed by atoms with Gasteiger partial charge in [0.15, 0.2) is 11.5 Å². The van der Waals surface area contributed by atoms with Crippen molar-refractivity contribution >= 4 is 11.8 Å². The SMILES string of the molecule is Cc1ccc(CC(=O)C2(c3ccc4c(c3)OC(F)(F)O4)CC2)cc1-c1ccc(C(=O)O)cc1F.[HH]. The Bertz CT molecular complexity index is 1350. The summed E-state index contributed by atoms with van der Waals surface area (Å²) in [6.07, 6.45) is -2.47. The third-order valence-electron chi connectivity index (χ3n) is 6.41. The maximum absolute atomic E-state index is 14.6. The van der Waals surface area contributed by atoms with Crippen molar-refractivity contribution in [1.82, 2.24) is 0 Å². The predicted molar refractivity (Wildman–Crippen MR) is 118 cm³/mol. The number of rotatable bonds is 6. The van der Waals surface area contributed by atoms with Crippen LogP contribution in [-0.2, 0) is 16.6 Å². The Hall–Kier alpha value is -3.81. The Labute approximate surface area is 194 Å². The van der Waals surface area contributed by atoms with Crippen molar-refractivity contribution in [2.45, 2.75) is 37.9 Å². The number of hydrogen-bond donors (Lipinski definition) is 1. The summed E-state index contributed by atoms with van der Waals surface area (Å²) in [6, 6.07) is 13.4. The first-order chi connectivity index (χ1) is 16.1. The molecule has 5 nitrogen and oxygen atoms in total. The number of ketones is 1. The summed E-state index contributed by atoms with van der Waals surface area (Å²) in [5, 5.41) is 9.07. The van der Waals surface area contributed by atoms with Crippen LogP contribution in [0.5, 0.6) is 11.5 Å². The lowest BCUT2D eigenvalue weighted by Gasteiger charge is -2.16. The van der Waals surface area contributed by atoms with Gasteiger partial charge in [-0.3, -0.25) is 4.79 Å². The first-order valence-electron chi connectivity index (χ1n) is 10.6. The molecule has 5 rings (SSSR count). The largest absolute Gasteiger partial charge is 0.586 e. The highest BCUT2D eigenvalue weighted by Gasteiger charge is 2.52. The molecular weight excluding hydrogens is 449 g/mol. The van der Waals surface area contributed by atoms with Crippen LogP contribution in [0.1, 0.15) is 41.3 Å². The molecule has 0 amide bonds. The van der Waals surface area contributed by atoms with Gasteiger partial charge in [-0.1, -0.05) is 30.3 Å². The van der Waals surface area contributed by atoms with E-state index >= 15 is 0 Å². The first-order valence-corrected chi connectivity index (χ1v) is 10.6. The van der Waals surface area contributed by atoms with E-state index < -0.39 is 23.5 Å². The van der Waals surface area contributed by atoms with Crippen LogP contribution in [0.2, 0.25) is 0 Å². The maximum atomic E-state index is 14.6. The van der Waals surface area contributed by atoms with Gasteiger partial charge in [0.05, 0.1) is 11.0 Å². The quantitative estimate of drug-likeness (QED) is 0.485. The van der Waals surface area contributed by atoms with Crippen LogP contribution in [0.25, 0.3) is 11.1 Å². The Kier molecular flexibility index (Phi) is 4.93. The molecule has 2 aliphatic rings. The van der Waals surface area contributed by atoms with E-state index in [-0.39, 0.29) is 36.3 Å². The predicted octanol–water partition coefficient (Wildman–Crippen LogP) is 5.91. The van der Waals surface area contributed by atoms with Crippen LogP contribution in [0, 0.1) is 12.7 Å². The molecule has 176 valence electrons. The molecule has 3 aromatic rings. The van der Waals surface area contributed by atoms with Crippen molar-refractivity contribution in [3.05, 3.63) is 82.7 Å². The molecule has 0 bridgehead atoms. The lowest BCUT2D eigenvalue weighted by atomic mass is 9.86. The fraction of sp³-hybridized carbons (Fsp3) is 0.231. The smallest absolute Gasteiger partial charge is 0.478 e. The normalized spacial score (nSPS) is 16.8. The van der Waals surface area contributed by atoms with Crippen molar-refractivity contribution < 1.29 is 38.8 Å². The topological polar surface area (TPSA) is 72.8 Å². The summed E-state index contributed by atoms with van der Waals surface area (Å²) >= 11 is 0. The highest BCUT2D eigenvalue weighted by molar-refractivity contribution is 5.95. The maximum Gasteiger partial charge on any atom is 0.586 e. The highest BCUT2D eigenvalue weighted by Crippen LogP contribution is 2.52. The zero-order valence-corrected chi connectivity index (χ0v) is 18.0. The van der Waals surface area contributed by atoms with E-state index in [1.165, 1.54) is 24.3 Å². The number of aromatic carboxylic acids is 1. The minimum absolute atomic E-state index is 0. The number of Topliss-reactive ketones (excluding diaryl/α,β-unsaturated/α-hetero) is 1. The molecule has 0 unspecified atom stereocenters. The summed E-state index contributed by atoms with van der Waals surface area (Å²) in [6.45, 7) is 1.80. The fourth-order valence-corrected chi connectivity index (χ4v) is 4.39. The van der Waals surface area contributed by atoms with Gasteiger partial charge in [-0.05, 0) is 66.3 Å². The second-order valence-corrected chi connectivity index (χ2v) is 8.66. The Morgan fingerprint density at radius 3 is 2.38 bits per heavy atom. The van der Waals surface area contributed by atoms with Crippen LogP contribution < -0.4 is 9.47 Å². The minimum atomic E-state index is -3.72. The summed E-state index contributed by atoms with van der Waals surface area (Å²) in [5.41, 5.74) is 1.92. The molecule has 0 spiro atoms.